The van der Waals surface area contributed by atoms with E-state index in [9.17, 15) is 14.0 Å². The van der Waals surface area contributed by atoms with Crippen molar-refractivity contribution < 1.29 is 9.18 Å². The highest BCUT2D eigenvalue weighted by Crippen LogP contribution is 2.25. The van der Waals surface area contributed by atoms with Crippen LogP contribution in [0.25, 0.3) is 10.9 Å². The lowest BCUT2D eigenvalue weighted by atomic mass is 9.99. The quantitative estimate of drug-likeness (QED) is 0.763. The molecule has 0 aliphatic carbocycles. The number of nitrogens with one attached hydrogen (secondary N) is 2. The zero-order valence-corrected chi connectivity index (χ0v) is 13.4. The monoisotopic (exact) mass is 324 g/mol. The van der Waals surface area contributed by atoms with Gasteiger partial charge in [-0.25, -0.2) is 4.39 Å². The molecular formula is C19H17FN2O2. The molecule has 122 valence electrons. The summed E-state index contributed by atoms with van der Waals surface area (Å²) in [6, 6.07) is 12.4. The first-order valence-electron chi connectivity index (χ1n) is 7.68. The highest BCUT2D eigenvalue weighted by atomic mass is 19.1. The van der Waals surface area contributed by atoms with Crippen LogP contribution in [0.4, 0.5) is 10.1 Å². The van der Waals surface area contributed by atoms with Gasteiger partial charge in [0.2, 0.25) is 5.56 Å². The van der Waals surface area contributed by atoms with Crippen LogP contribution < -0.4 is 10.9 Å². The molecule has 3 rings (SSSR count). The van der Waals surface area contributed by atoms with Gasteiger partial charge in [-0.1, -0.05) is 26.0 Å². The molecule has 0 bridgehead atoms. The lowest BCUT2D eigenvalue weighted by Crippen LogP contribution is -2.13. The maximum absolute atomic E-state index is 13.2. The molecule has 0 radical (unpaired) electrons. The van der Waals surface area contributed by atoms with Crippen LogP contribution in [0.5, 0.6) is 0 Å². The van der Waals surface area contributed by atoms with E-state index in [2.05, 4.69) is 10.3 Å². The van der Waals surface area contributed by atoms with Gasteiger partial charge in [0, 0.05) is 22.7 Å². The van der Waals surface area contributed by atoms with Crippen LogP contribution in [0.15, 0.2) is 53.3 Å². The Bertz CT molecular complexity index is 977. The second kappa shape index (κ2) is 6.28. The fourth-order valence-corrected chi connectivity index (χ4v) is 2.68. The van der Waals surface area contributed by atoms with Crippen molar-refractivity contribution in [3.05, 3.63) is 75.8 Å². The van der Waals surface area contributed by atoms with Gasteiger partial charge in [-0.05, 0) is 41.8 Å². The van der Waals surface area contributed by atoms with E-state index in [1.807, 2.05) is 19.9 Å². The van der Waals surface area contributed by atoms with Gasteiger partial charge in [0.05, 0.1) is 5.52 Å². The molecule has 3 aromatic rings. The number of pyridine rings is 1. The van der Waals surface area contributed by atoms with Crippen LogP contribution >= 0.6 is 0 Å². The predicted octanol–water partition coefficient (Wildman–Crippen LogP) is 4.04. The van der Waals surface area contributed by atoms with Crippen molar-refractivity contribution in [3.63, 3.8) is 0 Å². The lowest BCUT2D eigenvalue weighted by Gasteiger charge is -2.11. The third-order valence-corrected chi connectivity index (χ3v) is 3.84. The summed E-state index contributed by atoms with van der Waals surface area (Å²) in [5.74, 6) is -0.661. The summed E-state index contributed by atoms with van der Waals surface area (Å²) in [4.78, 5) is 26.8. The number of fused-ring (bicyclic) bond motifs is 1. The van der Waals surface area contributed by atoms with Gasteiger partial charge in [0.15, 0.2) is 0 Å². The number of anilines is 1. The molecule has 0 saturated heterocycles. The van der Waals surface area contributed by atoms with E-state index in [0.717, 1.165) is 10.9 Å². The van der Waals surface area contributed by atoms with Crippen LogP contribution in [0, 0.1) is 5.82 Å². The first-order chi connectivity index (χ1) is 11.4. The summed E-state index contributed by atoms with van der Waals surface area (Å²) < 4.78 is 13.2. The topological polar surface area (TPSA) is 62.0 Å². The summed E-state index contributed by atoms with van der Waals surface area (Å²) in [5, 5.41) is 3.66. The van der Waals surface area contributed by atoms with E-state index in [0.29, 0.717) is 11.2 Å². The highest BCUT2D eigenvalue weighted by Gasteiger charge is 2.10. The van der Waals surface area contributed by atoms with Gasteiger partial charge < -0.3 is 10.3 Å². The first-order valence-corrected chi connectivity index (χ1v) is 7.68. The summed E-state index contributed by atoms with van der Waals surface area (Å²) in [6.45, 7) is 4.04. The Labute approximate surface area is 138 Å². The predicted molar refractivity (Wildman–Crippen MR) is 93.0 cm³/mol. The van der Waals surface area contributed by atoms with Crippen molar-refractivity contribution in [2.45, 2.75) is 19.8 Å². The molecule has 1 amide bonds. The molecule has 4 nitrogen and oxygen atoms in total. The molecule has 0 atom stereocenters. The number of carbonyl (C=O) groups is 1. The van der Waals surface area contributed by atoms with Gasteiger partial charge >= 0.3 is 0 Å². The molecule has 24 heavy (non-hydrogen) atoms. The lowest BCUT2D eigenvalue weighted by molar-refractivity contribution is 0.102. The number of H-pyrrole nitrogens is 1. The van der Waals surface area contributed by atoms with Gasteiger partial charge in [0.25, 0.3) is 5.91 Å². The number of aromatic nitrogens is 1. The van der Waals surface area contributed by atoms with Crippen molar-refractivity contribution >= 4 is 22.5 Å². The van der Waals surface area contributed by atoms with Crippen molar-refractivity contribution in [2.75, 3.05) is 5.32 Å². The molecule has 5 heteroatoms. The second-order valence-electron chi connectivity index (χ2n) is 5.97. The number of hydrogen-bond donors (Lipinski definition) is 2. The number of hydrogen-bond acceptors (Lipinski definition) is 2. The molecule has 1 aromatic heterocycles. The van der Waals surface area contributed by atoms with Crippen LogP contribution in [0.3, 0.4) is 0 Å². The summed E-state index contributed by atoms with van der Waals surface area (Å²) in [7, 11) is 0. The third kappa shape index (κ3) is 3.20. The minimum atomic E-state index is -0.466. The second-order valence-corrected chi connectivity index (χ2v) is 5.97. The van der Waals surface area contributed by atoms with Crippen LogP contribution in [0.2, 0.25) is 0 Å². The molecular weight excluding hydrogens is 307 g/mol. The Morgan fingerprint density at radius 3 is 2.62 bits per heavy atom. The van der Waals surface area contributed by atoms with Gasteiger partial charge in [-0.3, -0.25) is 9.59 Å². The largest absolute Gasteiger partial charge is 0.322 e. The van der Waals surface area contributed by atoms with E-state index in [1.54, 1.807) is 18.2 Å². The fourth-order valence-electron chi connectivity index (χ4n) is 2.68. The van der Waals surface area contributed by atoms with Crippen LogP contribution in [0.1, 0.15) is 35.7 Å². The average Bonchev–Trinajstić information content (AvgIpc) is 2.53. The van der Waals surface area contributed by atoms with E-state index in [4.69, 9.17) is 0 Å². The van der Waals surface area contributed by atoms with E-state index in [-0.39, 0.29) is 17.0 Å². The van der Waals surface area contributed by atoms with Crippen molar-refractivity contribution in [3.8, 4) is 0 Å². The number of carbonyl (C=O) groups excluding carboxylic acids is 1. The SMILES string of the molecule is CC(C)c1cc(=O)[nH]c2cc(NC(=O)c3cccc(F)c3)ccc12. The Hall–Kier alpha value is -2.95. The van der Waals surface area contributed by atoms with Gasteiger partial charge in [-0.15, -0.1) is 0 Å². The zero-order valence-electron chi connectivity index (χ0n) is 13.4. The maximum atomic E-state index is 13.2. The molecule has 1 heterocycles. The third-order valence-electron chi connectivity index (χ3n) is 3.84. The van der Waals surface area contributed by atoms with Crippen molar-refractivity contribution in [1.82, 2.24) is 4.98 Å². The zero-order chi connectivity index (χ0) is 17.3. The molecule has 0 aliphatic rings. The average molecular weight is 324 g/mol. The van der Waals surface area contributed by atoms with Crippen LogP contribution in [-0.4, -0.2) is 10.9 Å². The van der Waals surface area contributed by atoms with Crippen LogP contribution in [-0.2, 0) is 0 Å². The Kier molecular flexibility index (Phi) is 4.16. The number of amides is 1. The maximum Gasteiger partial charge on any atom is 0.255 e. The highest BCUT2D eigenvalue weighted by molar-refractivity contribution is 6.05. The molecule has 0 spiro atoms. The molecule has 0 unspecified atom stereocenters. The van der Waals surface area contributed by atoms with E-state index in [1.165, 1.54) is 24.3 Å². The number of benzene rings is 2. The summed E-state index contributed by atoms with van der Waals surface area (Å²) in [6.07, 6.45) is 0. The van der Waals surface area contributed by atoms with Crippen molar-refractivity contribution in [2.24, 2.45) is 0 Å². The standard InChI is InChI=1S/C19H17FN2O2/c1-11(2)16-10-18(23)22-17-9-14(6-7-15(16)17)21-19(24)12-4-3-5-13(20)8-12/h3-11H,1-2H3,(H,21,24)(H,22,23). The summed E-state index contributed by atoms with van der Waals surface area (Å²) >= 11 is 0. The number of halogens is 1. The molecule has 2 aromatic carbocycles. The molecule has 0 aliphatic heterocycles. The summed E-state index contributed by atoms with van der Waals surface area (Å²) in [5.41, 5.74) is 2.20. The minimum absolute atomic E-state index is 0.181. The molecule has 0 fully saturated rings. The Balaban J connectivity index is 1.96. The Morgan fingerprint density at radius 1 is 1.12 bits per heavy atom. The molecule has 0 saturated carbocycles. The first kappa shape index (κ1) is 15.9. The van der Waals surface area contributed by atoms with Crippen molar-refractivity contribution in [1.29, 1.82) is 0 Å². The van der Waals surface area contributed by atoms with Gasteiger partial charge in [0.1, 0.15) is 5.82 Å². The molecule has 2 N–H and O–H groups in total. The number of aromatic amines is 1. The smallest absolute Gasteiger partial charge is 0.255 e. The van der Waals surface area contributed by atoms with E-state index < -0.39 is 11.7 Å². The normalized spacial score (nSPS) is 11.0. The Morgan fingerprint density at radius 2 is 1.92 bits per heavy atom. The fraction of sp³-hybridized carbons (Fsp3) is 0.158. The number of rotatable bonds is 3. The van der Waals surface area contributed by atoms with Gasteiger partial charge in [-0.2, -0.15) is 0 Å². The minimum Gasteiger partial charge on any atom is -0.322 e. The van der Waals surface area contributed by atoms with E-state index >= 15 is 0 Å².